The van der Waals surface area contributed by atoms with E-state index in [1.54, 1.807) is 12.1 Å². The molecule has 0 heterocycles. The summed E-state index contributed by atoms with van der Waals surface area (Å²) in [6, 6.07) is 7.46. The number of nitrogens with one attached hydrogen (secondary N) is 1. The monoisotopic (exact) mass is 371 g/mol. The number of ketones is 1. The third-order valence-electron chi connectivity index (χ3n) is 4.74. The van der Waals surface area contributed by atoms with E-state index in [9.17, 15) is 9.59 Å². The van der Waals surface area contributed by atoms with Crippen molar-refractivity contribution < 1.29 is 14.3 Å². The number of hydrogen-bond acceptors (Lipinski definition) is 3. The van der Waals surface area contributed by atoms with Crippen LogP contribution in [0.25, 0.3) is 0 Å². The van der Waals surface area contributed by atoms with E-state index in [1.807, 2.05) is 39.8 Å². The van der Waals surface area contributed by atoms with Crippen LogP contribution in [0, 0.1) is 20.8 Å². The molecule has 0 fully saturated rings. The van der Waals surface area contributed by atoms with Crippen LogP contribution in [-0.2, 0) is 4.79 Å². The SMILES string of the molecule is Cc1cc(C)c(NC(=O)COc2ccc(C)c3c2C(=O)C[C@@H]3C)c(Cl)c1. The lowest BCUT2D eigenvalue weighted by molar-refractivity contribution is -0.118. The lowest BCUT2D eigenvalue weighted by Gasteiger charge is -2.14. The van der Waals surface area contributed by atoms with Crippen molar-refractivity contribution in [1.82, 2.24) is 0 Å². The molecule has 0 aliphatic heterocycles. The van der Waals surface area contributed by atoms with Crippen LogP contribution in [0.5, 0.6) is 5.75 Å². The van der Waals surface area contributed by atoms with E-state index in [-0.39, 0.29) is 24.2 Å². The Balaban J connectivity index is 1.75. The summed E-state index contributed by atoms with van der Waals surface area (Å²) in [5.41, 5.74) is 5.25. The molecular formula is C21H22ClNO3. The van der Waals surface area contributed by atoms with Gasteiger partial charge in [0, 0.05) is 6.42 Å². The van der Waals surface area contributed by atoms with Gasteiger partial charge in [0.05, 0.1) is 16.3 Å². The molecule has 0 saturated carbocycles. The van der Waals surface area contributed by atoms with Gasteiger partial charge in [0.25, 0.3) is 5.91 Å². The number of rotatable bonds is 4. The zero-order valence-corrected chi connectivity index (χ0v) is 16.2. The topological polar surface area (TPSA) is 55.4 Å². The molecule has 1 amide bonds. The Bertz CT molecular complexity index is 881. The molecule has 3 rings (SSSR count). The smallest absolute Gasteiger partial charge is 0.262 e. The van der Waals surface area contributed by atoms with Crippen molar-refractivity contribution >= 4 is 29.0 Å². The van der Waals surface area contributed by atoms with Crippen LogP contribution in [0.3, 0.4) is 0 Å². The number of fused-ring (bicyclic) bond motifs is 1. The molecule has 0 unspecified atom stereocenters. The van der Waals surface area contributed by atoms with Crippen molar-refractivity contribution in [2.75, 3.05) is 11.9 Å². The van der Waals surface area contributed by atoms with Crippen molar-refractivity contribution in [2.45, 2.75) is 40.0 Å². The Morgan fingerprint density at radius 1 is 1.23 bits per heavy atom. The van der Waals surface area contributed by atoms with Gasteiger partial charge in [0.1, 0.15) is 5.75 Å². The average molecular weight is 372 g/mol. The minimum Gasteiger partial charge on any atom is -0.483 e. The van der Waals surface area contributed by atoms with Gasteiger partial charge < -0.3 is 10.1 Å². The maximum absolute atomic E-state index is 12.3. The Morgan fingerprint density at radius 2 is 1.96 bits per heavy atom. The number of halogens is 1. The molecule has 0 bridgehead atoms. The standard InChI is InChI=1S/C21H22ClNO3/c1-11-7-14(4)21(15(22)8-11)23-18(25)10-26-17-6-5-12(2)19-13(3)9-16(24)20(17)19/h5-8,13H,9-10H2,1-4H3,(H,23,25)/t13-/m0/s1. The van der Waals surface area contributed by atoms with E-state index in [2.05, 4.69) is 5.32 Å². The maximum Gasteiger partial charge on any atom is 0.262 e. The molecule has 5 heteroatoms. The summed E-state index contributed by atoms with van der Waals surface area (Å²) < 4.78 is 5.68. The van der Waals surface area contributed by atoms with Crippen LogP contribution in [-0.4, -0.2) is 18.3 Å². The molecule has 4 nitrogen and oxygen atoms in total. The normalized spacial score (nSPS) is 15.7. The van der Waals surface area contributed by atoms with E-state index in [1.165, 1.54) is 0 Å². The Morgan fingerprint density at radius 3 is 2.65 bits per heavy atom. The zero-order valence-electron chi connectivity index (χ0n) is 15.4. The maximum atomic E-state index is 12.3. The first-order valence-corrected chi connectivity index (χ1v) is 9.01. The number of carbonyl (C=O) groups is 2. The van der Waals surface area contributed by atoms with Crippen molar-refractivity contribution in [3.05, 3.63) is 57.1 Å². The fourth-order valence-electron chi connectivity index (χ4n) is 3.62. The second-order valence-corrected chi connectivity index (χ2v) is 7.38. The molecule has 0 saturated heterocycles. The van der Waals surface area contributed by atoms with E-state index in [0.29, 0.717) is 28.4 Å². The van der Waals surface area contributed by atoms with E-state index < -0.39 is 0 Å². The third kappa shape index (κ3) is 3.47. The van der Waals surface area contributed by atoms with Crippen molar-refractivity contribution in [3.8, 4) is 5.75 Å². The van der Waals surface area contributed by atoms with Crippen LogP contribution >= 0.6 is 11.6 Å². The fraction of sp³-hybridized carbons (Fsp3) is 0.333. The quantitative estimate of drug-likeness (QED) is 0.825. The van der Waals surface area contributed by atoms with Gasteiger partial charge in [0.15, 0.2) is 12.4 Å². The van der Waals surface area contributed by atoms with Crippen molar-refractivity contribution in [2.24, 2.45) is 0 Å². The van der Waals surface area contributed by atoms with Crippen LogP contribution in [0.2, 0.25) is 5.02 Å². The fourth-order valence-corrected chi connectivity index (χ4v) is 3.99. The van der Waals surface area contributed by atoms with Crippen LogP contribution < -0.4 is 10.1 Å². The van der Waals surface area contributed by atoms with Gasteiger partial charge in [0.2, 0.25) is 0 Å². The van der Waals surface area contributed by atoms with Gasteiger partial charge >= 0.3 is 0 Å². The van der Waals surface area contributed by atoms with Crippen LogP contribution in [0.15, 0.2) is 24.3 Å². The summed E-state index contributed by atoms with van der Waals surface area (Å²) >= 11 is 6.23. The minimum atomic E-state index is -0.313. The van der Waals surface area contributed by atoms with Crippen LogP contribution in [0.4, 0.5) is 5.69 Å². The lowest BCUT2D eigenvalue weighted by atomic mass is 9.97. The zero-order chi connectivity index (χ0) is 19.0. The molecule has 0 radical (unpaired) electrons. The number of anilines is 1. The number of benzene rings is 2. The first kappa shape index (κ1) is 18.5. The number of ether oxygens (including phenoxy) is 1. The second kappa shape index (κ2) is 7.12. The van der Waals surface area contributed by atoms with Crippen molar-refractivity contribution in [3.63, 3.8) is 0 Å². The summed E-state index contributed by atoms with van der Waals surface area (Å²) in [7, 11) is 0. The highest BCUT2D eigenvalue weighted by Gasteiger charge is 2.31. The summed E-state index contributed by atoms with van der Waals surface area (Å²) in [6.07, 6.45) is 0.487. The highest BCUT2D eigenvalue weighted by Crippen LogP contribution is 2.40. The number of carbonyl (C=O) groups excluding carboxylic acids is 2. The average Bonchev–Trinajstić information content (AvgIpc) is 2.86. The first-order chi connectivity index (χ1) is 12.3. The Hall–Kier alpha value is -2.33. The van der Waals surface area contributed by atoms with Gasteiger partial charge in [-0.25, -0.2) is 0 Å². The molecule has 2 aromatic rings. The number of hydrogen-bond donors (Lipinski definition) is 1. The van der Waals surface area contributed by atoms with Gasteiger partial charge in [-0.1, -0.05) is 30.7 Å². The molecule has 0 aromatic heterocycles. The summed E-state index contributed by atoms with van der Waals surface area (Å²) in [4.78, 5) is 24.6. The van der Waals surface area contributed by atoms with E-state index in [0.717, 1.165) is 22.3 Å². The van der Waals surface area contributed by atoms with E-state index in [4.69, 9.17) is 16.3 Å². The molecule has 1 N–H and O–H groups in total. The number of amides is 1. The van der Waals surface area contributed by atoms with Gasteiger partial charge in [-0.2, -0.15) is 0 Å². The highest BCUT2D eigenvalue weighted by molar-refractivity contribution is 6.34. The predicted molar refractivity (Wildman–Crippen MR) is 104 cm³/mol. The molecule has 1 aliphatic carbocycles. The Kier molecular flexibility index (Phi) is 5.05. The van der Waals surface area contributed by atoms with Crippen LogP contribution in [0.1, 0.15) is 51.9 Å². The summed E-state index contributed by atoms with van der Waals surface area (Å²) in [5, 5.41) is 3.29. The summed E-state index contributed by atoms with van der Waals surface area (Å²) in [6.45, 7) is 7.69. The largest absolute Gasteiger partial charge is 0.483 e. The van der Waals surface area contributed by atoms with Crippen molar-refractivity contribution in [1.29, 1.82) is 0 Å². The molecule has 26 heavy (non-hydrogen) atoms. The molecular weight excluding hydrogens is 350 g/mol. The molecule has 136 valence electrons. The number of aryl methyl sites for hydroxylation is 3. The number of Topliss-reactive ketones (excluding diaryl/α,β-unsaturated/α-hetero) is 1. The second-order valence-electron chi connectivity index (χ2n) is 6.97. The first-order valence-electron chi connectivity index (χ1n) is 8.64. The van der Waals surface area contributed by atoms with E-state index >= 15 is 0 Å². The predicted octanol–water partition coefficient (Wildman–Crippen LogP) is 4.97. The molecule has 1 aliphatic rings. The Labute approximate surface area is 158 Å². The van der Waals surface area contributed by atoms with Gasteiger partial charge in [-0.3, -0.25) is 9.59 Å². The third-order valence-corrected chi connectivity index (χ3v) is 5.04. The van der Waals surface area contributed by atoms with Gasteiger partial charge in [-0.15, -0.1) is 0 Å². The molecule has 0 spiro atoms. The molecule has 1 atom stereocenters. The highest BCUT2D eigenvalue weighted by atomic mass is 35.5. The van der Waals surface area contributed by atoms with Gasteiger partial charge in [-0.05, 0) is 61.1 Å². The minimum absolute atomic E-state index is 0.0732. The summed E-state index contributed by atoms with van der Waals surface area (Å²) in [5.74, 6) is 0.418. The lowest BCUT2D eigenvalue weighted by Crippen LogP contribution is -2.21. The molecule has 2 aromatic carbocycles.